The number of nitrogens with one attached hydrogen (secondary N) is 3. The van der Waals surface area contributed by atoms with Gasteiger partial charge in [0.2, 0.25) is 17.6 Å². The zero-order chi connectivity index (χ0) is 37.2. The van der Waals surface area contributed by atoms with Crippen molar-refractivity contribution in [1.82, 2.24) is 20.9 Å². The van der Waals surface area contributed by atoms with Crippen LogP contribution in [0.4, 0.5) is 4.79 Å². The summed E-state index contributed by atoms with van der Waals surface area (Å²) in [6.45, 7) is 16.6. The molecule has 1 aromatic carbocycles. The summed E-state index contributed by atoms with van der Waals surface area (Å²) in [4.78, 5) is 74.9. The number of ether oxygens (including phenoxy) is 2. The lowest BCUT2D eigenvalue weighted by Gasteiger charge is -2.36. The summed E-state index contributed by atoms with van der Waals surface area (Å²) in [5.41, 5.74) is -0.572. The Morgan fingerprint density at radius 3 is 2.32 bits per heavy atom. The van der Waals surface area contributed by atoms with Gasteiger partial charge in [-0.1, -0.05) is 50.9 Å². The highest BCUT2D eigenvalue weighted by Crippen LogP contribution is 2.41. The first-order chi connectivity index (χ1) is 23.3. The topological polar surface area (TPSA) is 165 Å². The second-order valence-electron chi connectivity index (χ2n) is 15.6. The van der Waals surface area contributed by atoms with Crippen LogP contribution in [0.3, 0.4) is 0 Å². The molecule has 14 heteroatoms. The van der Waals surface area contributed by atoms with E-state index in [9.17, 15) is 24.0 Å². The third-order valence-electron chi connectivity index (χ3n) is 8.80. The number of hydrogen-bond donors (Lipinski definition) is 3. The minimum absolute atomic E-state index is 0.0261. The predicted octanol–water partition coefficient (Wildman–Crippen LogP) is 4.58. The van der Waals surface area contributed by atoms with E-state index >= 15 is 0 Å². The molecule has 1 aromatic rings. The second-order valence-corrected chi connectivity index (χ2v) is 16.0. The van der Waals surface area contributed by atoms with Crippen LogP contribution in [0.15, 0.2) is 17.3 Å². The Labute approximate surface area is 299 Å². The number of aryl methyl sites for hydroxylation is 1. The Balaban J connectivity index is 1.64. The number of carbonyl (C=O) groups excluding carboxylic acids is 5. The molecule has 4 atom stereocenters. The first-order valence-corrected chi connectivity index (χ1v) is 17.8. The lowest BCUT2D eigenvalue weighted by atomic mass is 9.85. The summed E-state index contributed by atoms with van der Waals surface area (Å²) in [5.74, 6) is -2.03. The summed E-state index contributed by atoms with van der Waals surface area (Å²) in [6, 6.07) is 0.344. The maximum absolute atomic E-state index is 14.5. The molecule has 2 heterocycles. The minimum atomic E-state index is -1.10. The summed E-state index contributed by atoms with van der Waals surface area (Å²) >= 11 is 6.56. The van der Waals surface area contributed by atoms with E-state index in [1.165, 1.54) is 4.90 Å². The van der Waals surface area contributed by atoms with Gasteiger partial charge < -0.3 is 35.2 Å². The molecule has 0 bridgehead atoms. The molecule has 1 spiro atoms. The molecular weight excluding hydrogens is 666 g/mol. The molecule has 0 unspecified atom stereocenters. The molecule has 1 saturated heterocycles. The van der Waals surface area contributed by atoms with Crippen molar-refractivity contribution in [2.45, 2.75) is 136 Å². The fourth-order valence-electron chi connectivity index (χ4n) is 6.22. The Bertz CT molecular complexity index is 1510. The molecule has 3 N–H and O–H groups in total. The Hall–Kier alpha value is -3.87. The summed E-state index contributed by atoms with van der Waals surface area (Å²) in [5, 5.41) is 13.0. The molecular formula is C36H52ClN5O8. The molecule has 0 radical (unpaired) electrons. The van der Waals surface area contributed by atoms with Gasteiger partial charge >= 0.3 is 6.09 Å². The smallest absolute Gasteiger partial charge is 0.408 e. The van der Waals surface area contributed by atoms with Crippen molar-refractivity contribution in [3.63, 3.8) is 0 Å². The second kappa shape index (κ2) is 15.2. The number of rotatable bonds is 12. The summed E-state index contributed by atoms with van der Waals surface area (Å²) < 4.78 is 11.2. The number of Topliss-reactive ketones (excluding diaryl/α,β-unsaturated/α-hetero) is 1. The van der Waals surface area contributed by atoms with E-state index in [1.54, 1.807) is 47.6 Å². The van der Waals surface area contributed by atoms with Crippen LogP contribution in [0.2, 0.25) is 5.02 Å². The fraction of sp³-hybridized carbons (Fsp3) is 0.667. The molecule has 2 aliphatic heterocycles. The predicted molar refractivity (Wildman–Crippen MR) is 188 cm³/mol. The van der Waals surface area contributed by atoms with Crippen LogP contribution in [0, 0.1) is 12.3 Å². The number of oxime groups is 1. The highest BCUT2D eigenvalue weighted by molar-refractivity contribution is 6.38. The van der Waals surface area contributed by atoms with E-state index in [-0.39, 0.29) is 31.8 Å². The van der Waals surface area contributed by atoms with Gasteiger partial charge in [-0.15, -0.1) is 0 Å². The van der Waals surface area contributed by atoms with Crippen molar-refractivity contribution in [1.29, 1.82) is 0 Å². The zero-order valence-electron chi connectivity index (χ0n) is 30.7. The van der Waals surface area contributed by atoms with E-state index in [0.717, 1.165) is 18.4 Å². The number of hydrogen-bond acceptors (Lipinski definition) is 9. The maximum Gasteiger partial charge on any atom is 0.408 e. The molecule has 50 heavy (non-hydrogen) atoms. The minimum Gasteiger partial charge on any atom is -0.492 e. The van der Waals surface area contributed by atoms with Gasteiger partial charge in [0.25, 0.3) is 5.91 Å². The number of nitrogens with zero attached hydrogens (tertiary/aromatic N) is 2. The molecule has 2 fully saturated rings. The number of carbonyl (C=O) groups is 5. The standard InChI is InChI=1S/C36H52ClN5O8/c1-10-12-24(27(43)31(45)38-22-13-14-22)39-30(44)26-18-36(17-25(41-50-36)21-15-20(3)28(48-11-2)23(37)16-21)19-42(26)32(46)29(34(4,5)6)40-33(47)49-35(7,8)9/h15-16,22,24,26,29H,10-14,17-19H2,1-9H3,(H,38,45)(H,39,44)(H,40,47)/t24-,26-,29+,36+/m0/s1. The van der Waals surface area contributed by atoms with E-state index < -0.39 is 64.3 Å². The molecule has 13 nitrogen and oxygen atoms in total. The SMILES string of the molecule is CCC[C@H](NC(=O)[C@@H]1C[C@]2(CC(c3cc(C)c(OCC)c(Cl)c3)=NO2)CN1C(=O)[C@@H](NC(=O)OC(C)(C)C)C(C)(C)C)C(=O)C(=O)NC1CC1. The van der Waals surface area contributed by atoms with Gasteiger partial charge in [-0.2, -0.15) is 0 Å². The number of benzene rings is 1. The number of likely N-dealkylation sites (tertiary alicyclic amines) is 1. The Kier molecular flexibility index (Phi) is 11.8. The average molecular weight is 718 g/mol. The molecule has 4 amide bonds. The van der Waals surface area contributed by atoms with Gasteiger partial charge in [0.05, 0.1) is 29.9 Å². The van der Waals surface area contributed by atoms with E-state index in [2.05, 4.69) is 21.1 Å². The molecule has 4 rings (SSSR count). The first kappa shape index (κ1) is 38.9. The third-order valence-corrected chi connectivity index (χ3v) is 9.08. The van der Waals surface area contributed by atoms with E-state index in [0.29, 0.717) is 35.1 Å². The van der Waals surface area contributed by atoms with Gasteiger partial charge in [-0.05, 0) is 77.0 Å². The largest absolute Gasteiger partial charge is 0.492 e. The van der Waals surface area contributed by atoms with Crippen LogP contribution in [0.5, 0.6) is 5.75 Å². The van der Waals surface area contributed by atoms with Crippen LogP contribution in [-0.2, 0) is 28.8 Å². The van der Waals surface area contributed by atoms with Gasteiger partial charge in [0.1, 0.15) is 23.4 Å². The highest BCUT2D eigenvalue weighted by atomic mass is 35.5. The van der Waals surface area contributed by atoms with Crippen molar-refractivity contribution in [2.24, 2.45) is 10.6 Å². The molecule has 276 valence electrons. The average Bonchev–Trinajstić information content (AvgIpc) is 3.60. The Morgan fingerprint density at radius 1 is 1.08 bits per heavy atom. The number of amides is 4. The molecule has 3 aliphatic rings. The first-order valence-electron chi connectivity index (χ1n) is 17.4. The lowest BCUT2D eigenvalue weighted by Crippen LogP contribution is -2.59. The van der Waals surface area contributed by atoms with Gasteiger partial charge in [0, 0.05) is 24.4 Å². The van der Waals surface area contributed by atoms with E-state index in [1.807, 2.05) is 26.8 Å². The van der Waals surface area contributed by atoms with Crippen LogP contribution < -0.4 is 20.7 Å². The zero-order valence-corrected chi connectivity index (χ0v) is 31.4. The molecule has 1 saturated carbocycles. The van der Waals surface area contributed by atoms with Crippen molar-refractivity contribution < 1.29 is 38.3 Å². The highest BCUT2D eigenvalue weighted by Gasteiger charge is 2.56. The van der Waals surface area contributed by atoms with Gasteiger partial charge in [-0.3, -0.25) is 19.2 Å². The van der Waals surface area contributed by atoms with Gasteiger partial charge in [-0.25, -0.2) is 4.79 Å². The maximum atomic E-state index is 14.5. The monoisotopic (exact) mass is 717 g/mol. The van der Waals surface area contributed by atoms with Crippen LogP contribution in [-0.4, -0.2) is 88.7 Å². The van der Waals surface area contributed by atoms with Gasteiger partial charge in [0.15, 0.2) is 5.60 Å². The lowest BCUT2D eigenvalue weighted by molar-refractivity contribution is -0.144. The fourth-order valence-corrected chi connectivity index (χ4v) is 6.54. The van der Waals surface area contributed by atoms with Crippen molar-refractivity contribution >= 4 is 46.9 Å². The van der Waals surface area contributed by atoms with E-state index in [4.69, 9.17) is 25.9 Å². The molecule has 1 aliphatic carbocycles. The Morgan fingerprint density at radius 2 is 1.76 bits per heavy atom. The quantitative estimate of drug-likeness (QED) is 0.265. The number of ketones is 1. The third kappa shape index (κ3) is 9.46. The molecule has 0 aromatic heterocycles. The van der Waals surface area contributed by atoms with Crippen molar-refractivity contribution in [3.05, 3.63) is 28.3 Å². The van der Waals surface area contributed by atoms with Crippen LogP contribution >= 0.6 is 11.6 Å². The summed E-state index contributed by atoms with van der Waals surface area (Å²) in [7, 11) is 0. The van der Waals surface area contributed by atoms with Crippen LogP contribution in [0.1, 0.15) is 105 Å². The summed E-state index contributed by atoms with van der Waals surface area (Å²) in [6.07, 6.45) is 1.91. The number of halogens is 1. The van der Waals surface area contributed by atoms with Crippen molar-refractivity contribution in [3.8, 4) is 5.75 Å². The number of alkyl carbamates (subject to hydrolysis) is 1. The van der Waals surface area contributed by atoms with Crippen LogP contribution in [0.25, 0.3) is 0 Å². The normalized spacial score (nSPS) is 21.5. The van der Waals surface area contributed by atoms with Crippen molar-refractivity contribution in [2.75, 3.05) is 13.2 Å².